The fraction of sp³-hybridized carbons (Fsp3) is 0.667. The van der Waals surface area contributed by atoms with E-state index >= 15 is 0 Å². The van der Waals surface area contributed by atoms with Crippen LogP contribution < -0.4 is 5.30 Å². The van der Waals surface area contributed by atoms with Crippen LogP contribution in [0.2, 0.25) is 0 Å². The van der Waals surface area contributed by atoms with Gasteiger partial charge in [0.1, 0.15) is 0 Å². The zero-order valence-electron chi connectivity index (χ0n) is 17.6. The van der Waals surface area contributed by atoms with Gasteiger partial charge >= 0.3 is 43.6 Å². The molecule has 0 aliphatic heterocycles. The van der Waals surface area contributed by atoms with Gasteiger partial charge < -0.3 is 9.05 Å². The van der Waals surface area contributed by atoms with Crippen molar-refractivity contribution in [3.05, 3.63) is 30.3 Å². The molecule has 1 aromatic rings. The van der Waals surface area contributed by atoms with E-state index in [1.807, 2.05) is 0 Å². The van der Waals surface area contributed by atoms with Gasteiger partial charge in [-0.3, -0.25) is 4.57 Å². The summed E-state index contributed by atoms with van der Waals surface area (Å²) in [5, 5.41) is -0.384. The van der Waals surface area contributed by atoms with Crippen molar-refractivity contribution in [2.24, 2.45) is 0 Å². The first-order chi connectivity index (χ1) is 16.0. The molecule has 3 nitrogen and oxygen atoms in total. The molecule has 0 unspecified atom stereocenters. The summed E-state index contributed by atoms with van der Waals surface area (Å²) < 4.78 is 200. The topological polar surface area (TPSA) is 35.5 Å². The van der Waals surface area contributed by atoms with Crippen LogP contribution in [0.3, 0.4) is 0 Å². The lowest BCUT2D eigenvalue weighted by atomic mass is 10.1. The van der Waals surface area contributed by atoms with Crippen LogP contribution >= 0.6 is 7.60 Å². The summed E-state index contributed by atoms with van der Waals surface area (Å²) in [5.74, 6) is -24.0. The highest BCUT2D eigenvalue weighted by Gasteiger charge is 2.73. The Kier molecular flexibility index (Phi) is 9.92. The molecule has 0 amide bonds. The smallest absolute Gasteiger partial charge is 0.305 e. The van der Waals surface area contributed by atoms with Crippen molar-refractivity contribution in [2.75, 3.05) is 13.2 Å². The Morgan fingerprint density at radius 3 is 1.22 bits per heavy atom. The van der Waals surface area contributed by atoms with Crippen molar-refractivity contribution in [1.29, 1.82) is 0 Å². The SMILES string of the molecule is O=P(OCCCC(F)(F)C(F)(F)C(F)(F)F)(OCCCC(F)(F)C(F)(F)C(F)(F)F)c1ccccc1. The van der Waals surface area contributed by atoms with Crippen molar-refractivity contribution in [2.45, 2.75) is 61.7 Å². The molecule has 0 N–H and O–H groups in total. The molecule has 0 saturated heterocycles. The maximum atomic E-state index is 13.3. The molecule has 0 aliphatic rings. The molecule has 0 aromatic heterocycles. The zero-order chi connectivity index (χ0) is 28.3. The Labute approximate surface area is 194 Å². The van der Waals surface area contributed by atoms with Crippen molar-refractivity contribution < 1.29 is 75.1 Å². The minimum Gasteiger partial charge on any atom is -0.305 e. The lowest BCUT2D eigenvalue weighted by Crippen LogP contribution is -2.51. The molecule has 36 heavy (non-hydrogen) atoms. The van der Waals surface area contributed by atoms with E-state index in [4.69, 9.17) is 9.05 Å². The van der Waals surface area contributed by atoms with Crippen molar-refractivity contribution in [3.8, 4) is 0 Å². The zero-order valence-corrected chi connectivity index (χ0v) is 18.5. The van der Waals surface area contributed by atoms with Gasteiger partial charge in [0.25, 0.3) is 0 Å². The first-order valence-corrected chi connectivity index (χ1v) is 11.2. The third-order valence-corrected chi connectivity index (χ3v) is 6.47. The molecule has 0 bridgehead atoms. The molecular weight excluding hydrogens is 561 g/mol. The Hall–Kier alpha value is -1.61. The van der Waals surface area contributed by atoms with Gasteiger partial charge in [-0.2, -0.15) is 61.5 Å². The molecule has 210 valence electrons. The number of benzene rings is 1. The summed E-state index contributed by atoms with van der Waals surface area (Å²) in [6.07, 6.45) is -19.8. The van der Waals surface area contributed by atoms with Crippen molar-refractivity contribution >= 4 is 12.9 Å². The van der Waals surface area contributed by atoms with Gasteiger partial charge in [-0.25, -0.2) is 0 Å². The largest absolute Gasteiger partial charge is 0.459 e. The van der Waals surface area contributed by atoms with Crippen LogP contribution in [0.5, 0.6) is 0 Å². The summed E-state index contributed by atoms with van der Waals surface area (Å²) in [7, 11) is -4.69. The predicted octanol–water partition coefficient (Wildman–Crippen LogP) is 7.76. The van der Waals surface area contributed by atoms with Crippen LogP contribution in [-0.4, -0.2) is 49.3 Å². The van der Waals surface area contributed by atoms with Crippen LogP contribution in [0, 0.1) is 0 Å². The summed E-state index contributed by atoms with van der Waals surface area (Å²) >= 11 is 0. The van der Waals surface area contributed by atoms with Crippen molar-refractivity contribution in [1.82, 2.24) is 0 Å². The van der Waals surface area contributed by atoms with Gasteiger partial charge in [-0.15, -0.1) is 0 Å². The minimum atomic E-state index is -6.58. The first-order valence-electron chi connectivity index (χ1n) is 9.61. The number of hydrogen-bond donors (Lipinski definition) is 0. The summed E-state index contributed by atoms with van der Waals surface area (Å²) in [4.78, 5) is 0. The quantitative estimate of drug-likeness (QED) is 0.136. The van der Waals surface area contributed by atoms with E-state index in [0.717, 1.165) is 12.1 Å². The molecule has 0 fully saturated rings. The van der Waals surface area contributed by atoms with Crippen LogP contribution in [0.25, 0.3) is 0 Å². The number of halogens is 14. The van der Waals surface area contributed by atoms with Gasteiger partial charge in [0.2, 0.25) is 0 Å². The monoisotopic (exact) mass is 578 g/mol. The maximum Gasteiger partial charge on any atom is 0.459 e. The van der Waals surface area contributed by atoms with E-state index in [1.54, 1.807) is 0 Å². The van der Waals surface area contributed by atoms with E-state index in [-0.39, 0.29) is 5.30 Å². The van der Waals surface area contributed by atoms with Gasteiger partial charge in [0.15, 0.2) is 0 Å². The van der Waals surface area contributed by atoms with E-state index < -0.39 is 82.5 Å². The Balaban J connectivity index is 2.84. The molecule has 18 heteroatoms. The molecule has 0 aliphatic carbocycles. The van der Waals surface area contributed by atoms with E-state index in [9.17, 15) is 66.0 Å². The Morgan fingerprint density at radius 1 is 0.583 bits per heavy atom. The van der Waals surface area contributed by atoms with Crippen LogP contribution in [-0.2, 0) is 13.6 Å². The van der Waals surface area contributed by atoms with Crippen LogP contribution in [0.1, 0.15) is 25.7 Å². The average molecular weight is 578 g/mol. The summed E-state index contributed by atoms with van der Waals surface area (Å²) in [6, 6.07) is 5.84. The second-order valence-electron chi connectivity index (χ2n) is 7.26. The second-order valence-corrected chi connectivity index (χ2v) is 9.29. The van der Waals surface area contributed by atoms with Crippen molar-refractivity contribution in [3.63, 3.8) is 0 Å². The van der Waals surface area contributed by atoms with E-state index in [1.165, 1.54) is 18.2 Å². The van der Waals surface area contributed by atoms with E-state index in [2.05, 4.69) is 0 Å². The summed E-state index contributed by atoms with van der Waals surface area (Å²) in [6.45, 7) is -2.34. The molecule has 1 aromatic carbocycles. The molecule has 0 spiro atoms. The molecule has 1 rings (SSSR count). The normalized spacial score (nSPS) is 14.8. The van der Waals surface area contributed by atoms with Gasteiger partial charge in [-0.05, 0) is 25.0 Å². The highest BCUT2D eigenvalue weighted by atomic mass is 31.2. The molecule has 0 atom stereocenters. The number of alkyl halides is 14. The molecular formula is C18H17F14O3P. The van der Waals surface area contributed by atoms with Gasteiger partial charge in [0.05, 0.1) is 18.5 Å². The van der Waals surface area contributed by atoms with Gasteiger partial charge in [0, 0.05) is 12.8 Å². The Morgan fingerprint density at radius 2 is 0.917 bits per heavy atom. The first kappa shape index (κ1) is 32.4. The second kappa shape index (κ2) is 11.0. The lowest BCUT2D eigenvalue weighted by molar-refractivity contribution is -0.356. The fourth-order valence-electron chi connectivity index (χ4n) is 2.48. The Bertz CT molecular complexity index is 833. The highest BCUT2D eigenvalue weighted by Crippen LogP contribution is 2.51. The third kappa shape index (κ3) is 7.24. The lowest BCUT2D eigenvalue weighted by Gasteiger charge is -2.28. The standard InChI is InChI=1S/C18H17F14O3P/c19-13(20,15(23,24)17(27,28)29)8-4-10-34-36(33,12-6-2-1-3-7-12)35-11-5-9-14(21,22)16(25,26)18(30,31)32/h1-3,6-7H,4-5,8-11H2. The molecule has 0 heterocycles. The summed E-state index contributed by atoms with van der Waals surface area (Å²) in [5.41, 5.74) is 0. The molecule has 0 radical (unpaired) electrons. The fourth-order valence-corrected chi connectivity index (χ4v) is 4.13. The van der Waals surface area contributed by atoms with Gasteiger partial charge in [-0.1, -0.05) is 18.2 Å². The predicted molar refractivity (Wildman–Crippen MR) is 96.0 cm³/mol. The van der Waals surface area contributed by atoms with Crippen LogP contribution in [0.15, 0.2) is 30.3 Å². The average Bonchev–Trinajstić information content (AvgIpc) is 2.73. The maximum absolute atomic E-state index is 13.3. The highest BCUT2D eigenvalue weighted by molar-refractivity contribution is 7.62. The minimum absolute atomic E-state index is 0.384. The third-order valence-electron chi connectivity index (χ3n) is 4.50. The number of hydrogen-bond acceptors (Lipinski definition) is 3. The number of rotatable bonds is 13. The van der Waals surface area contributed by atoms with E-state index in [0.29, 0.717) is 0 Å². The molecule has 0 saturated carbocycles. The van der Waals surface area contributed by atoms with Crippen LogP contribution in [0.4, 0.5) is 61.5 Å².